The lowest BCUT2D eigenvalue weighted by Crippen LogP contribution is -2.22. The van der Waals surface area contributed by atoms with Crippen molar-refractivity contribution in [2.24, 2.45) is 0 Å². The minimum atomic E-state index is -3.23. The molecular formula is C12H18ClNO3S. The molecule has 1 N–H and O–H groups in total. The Kier molecular flexibility index (Phi) is 6.63. The highest BCUT2D eigenvalue weighted by atomic mass is 35.5. The Balaban J connectivity index is 2.41. The average molecular weight is 292 g/mol. The third-order valence-electron chi connectivity index (χ3n) is 2.40. The van der Waals surface area contributed by atoms with Gasteiger partial charge >= 0.3 is 0 Å². The van der Waals surface area contributed by atoms with E-state index >= 15 is 0 Å². The van der Waals surface area contributed by atoms with Crippen molar-refractivity contribution in [3.05, 3.63) is 29.3 Å². The van der Waals surface area contributed by atoms with Crippen LogP contribution in [0.1, 0.15) is 6.42 Å². The number of nitrogens with one attached hydrogen (secondary N) is 1. The second-order valence-electron chi connectivity index (χ2n) is 3.87. The predicted molar refractivity (Wildman–Crippen MR) is 72.9 cm³/mol. The summed E-state index contributed by atoms with van der Waals surface area (Å²) < 4.78 is 28.8. The van der Waals surface area contributed by atoms with Gasteiger partial charge in [-0.15, -0.1) is 0 Å². The number of hydrogen-bond acceptors (Lipinski definition) is 4. The van der Waals surface area contributed by atoms with Crippen LogP contribution < -0.4 is 5.32 Å². The van der Waals surface area contributed by atoms with Crippen LogP contribution in [0.5, 0.6) is 0 Å². The number of rotatable bonds is 8. The lowest BCUT2D eigenvalue weighted by molar-refractivity contribution is 0.199. The van der Waals surface area contributed by atoms with Gasteiger partial charge in [0.2, 0.25) is 0 Å². The molecule has 0 fully saturated rings. The summed E-state index contributed by atoms with van der Waals surface area (Å²) in [5, 5.41) is 3.55. The molecule has 1 aromatic rings. The van der Waals surface area contributed by atoms with Crippen LogP contribution in [-0.2, 0) is 14.6 Å². The molecule has 18 heavy (non-hydrogen) atoms. The van der Waals surface area contributed by atoms with Crippen molar-refractivity contribution in [3.8, 4) is 0 Å². The van der Waals surface area contributed by atoms with Crippen molar-refractivity contribution >= 4 is 21.4 Å². The Bertz CT molecular complexity index is 462. The third-order valence-corrected chi connectivity index (χ3v) is 4.44. The van der Waals surface area contributed by atoms with Crippen LogP contribution in [0.4, 0.5) is 0 Å². The topological polar surface area (TPSA) is 55.4 Å². The molecule has 0 heterocycles. The fourth-order valence-electron chi connectivity index (χ4n) is 1.46. The summed E-state index contributed by atoms with van der Waals surface area (Å²) in [6.45, 7) is 2.01. The molecule has 4 nitrogen and oxygen atoms in total. The zero-order chi connectivity index (χ0) is 13.4. The monoisotopic (exact) mass is 291 g/mol. The second kappa shape index (κ2) is 7.74. The van der Waals surface area contributed by atoms with E-state index in [4.69, 9.17) is 16.3 Å². The first-order valence-corrected chi connectivity index (χ1v) is 7.77. The summed E-state index contributed by atoms with van der Waals surface area (Å²) in [5.74, 6) is 0.118. The molecule has 1 rings (SSSR count). The Hall–Kier alpha value is -0.620. The maximum absolute atomic E-state index is 12.0. The summed E-state index contributed by atoms with van der Waals surface area (Å²) in [5.41, 5.74) is 0. The number of benzene rings is 1. The highest BCUT2D eigenvalue weighted by Crippen LogP contribution is 2.17. The van der Waals surface area contributed by atoms with Crippen LogP contribution in [0.15, 0.2) is 29.2 Å². The Morgan fingerprint density at radius 3 is 2.78 bits per heavy atom. The first kappa shape index (κ1) is 15.4. The maximum atomic E-state index is 12.0. The molecule has 0 amide bonds. The van der Waals surface area contributed by atoms with Crippen LogP contribution in [0.3, 0.4) is 0 Å². The molecule has 0 saturated carbocycles. The average Bonchev–Trinajstić information content (AvgIpc) is 2.33. The van der Waals surface area contributed by atoms with E-state index in [0.29, 0.717) is 24.6 Å². The van der Waals surface area contributed by atoms with E-state index in [1.54, 1.807) is 25.3 Å². The standard InChI is InChI=1S/C12H18ClNO3S/c1-17-8-7-14-6-3-9-18(15,16)12-5-2-4-11(13)10-12/h2,4-5,10,14H,3,6-9H2,1H3. The molecule has 0 saturated heterocycles. The quantitative estimate of drug-likeness (QED) is 0.741. The Morgan fingerprint density at radius 1 is 1.33 bits per heavy atom. The van der Waals surface area contributed by atoms with Gasteiger partial charge in [0.25, 0.3) is 0 Å². The molecule has 0 aromatic heterocycles. The molecule has 0 bridgehead atoms. The summed E-state index contributed by atoms with van der Waals surface area (Å²) in [4.78, 5) is 0.284. The van der Waals surface area contributed by atoms with Gasteiger partial charge in [-0.05, 0) is 31.2 Å². The molecule has 102 valence electrons. The van der Waals surface area contributed by atoms with Crippen molar-refractivity contribution in [1.29, 1.82) is 0 Å². The van der Waals surface area contributed by atoms with Gasteiger partial charge in [0, 0.05) is 18.7 Å². The largest absolute Gasteiger partial charge is 0.383 e. The van der Waals surface area contributed by atoms with Gasteiger partial charge in [-0.2, -0.15) is 0 Å². The van der Waals surface area contributed by atoms with Crippen molar-refractivity contribution < 1.29 is 13.2 Å². The molecule has 0 aliphatic heterocycles. The normalized spacial score (nSPS) is 11.7. The Labute approximate surface area is 113 Å². The van der Waals surface area contributed by atoms with Crippen LogP contribution in [0.25, 0.3) is 0 Å². The molecule has 0 unspecified atom stereocenters. The molecule has 0 atom stereocenters. The van der Waals surface area contributed by atoms with Crippen LogP contribution in [0, 0.1) is 0 Å². The fourth-order valence-corrected chi connectivity index (χ4v) is 3.07. The molecule has 0 aliphatic carbocycles. The highest BCUT2D eigenvalue weighted by Gasteiger charge is 2.13. The minimum Gasteiger partial charge on any atom is -0.383 e. The fraction of sp³-hybridized carbons (Fsp3) is 0.500. The SMILES string of the molecule is COCCNCCCS(=O)(=O)c1cccc(Cl)c1. The van der Waals surface area contributed by atoms with Crippen molar-refractivity contribution in [2.75, 3.05) is 32.6 Å². The summed E-state index contributed by atoms with van der Waals surface area (Å²) >= 11 is 5.78. The van der Waals surface area contributed by atoms with Gasteiger partial charge in [0.05, 0.1) is 17.3 Å². The number of sulfone groups is 1. The summed E-state index contributed by atoms with van der Waals surface area (Å²) in [6, 6.07) is 6.35. The number of halogens is 1. The van der Waals surface area contributed by atoms with Crippen molar-refractivity contribution in [1.82, 2.24) is 5.32 Å². The number of methoxy groups -OCH3 is 1. The second-order valence-corrected chi connectivity index (χ2v) is 6.42. The van der Waals surface area contributed by atoms with E-state index in [9.17, 15) is 8.42 Å². The number of hydrogen-bond donors (Lipinski definition) is 1. The smallest absolute Gasteiger partial charge is 0.178 e. The lowest BCUT2D eigenvalue weighted by atomic mass is 10.4. The molecule has 0 aliphatic rings. The summed E-state index contributed by atoms with van der Waals surface area (Å²) in [7, 11) is -1.60. The zero-order valence-corrected chi connectivity index (χ0v) is 11.9. The van der Waals surface area contributed by atoms with Gasteiger partial charge < -0.3 is 10.1 Å². The van der Waals surface area contributed by atoms with Crippen molar-refractivity contribution in [3.63, 3.8) is 0 Å². The Morgan fingerprint density at radius 2 is 2.11 bits per heavy atom. The van der Waals surface area contributed by atoms with Gasteiger partial charge in [-0.1, -0.05) is 17.7 Å². The van der Waals surface area contributed by atoms with E-state index in [2.05, 4.69) is 5.32 Å². The van der Waals surface area contributed by atoms with Gasteiger partial charge in [-0.25, -0.2) is 8.42 Å². The first-order valence-electron chi connectivity index (χ1n) is 5.74. The van der Waals surface area contributed by atoms with Crippen LogP contribution >= 0.6 is 11.6 Å². The van der Waals surface area contributed by atoms with Crippen LogP contribution in [0.2, 0.25) is 5.02 Å². The molecule has 1 aromatic carbocycles. The predicted octanol–water partition coefficient (Wildman–Crippen LogP) is 1.74. The number of ether oxygens (including phenoxy) is 1. The van der Waals surface area contributed by atoms with Crippen LogP contribution in [-0.4, -0.2) is 41.0 Å². The van der Waals surface area contributed by atoms with E-state index in [1.807, 2.05) is 0 Å². The molecule has 6 heteroatoms. The van der Waals surface area contributed by atoms with E-state index < -0.39 is 9.84 Å². The molecular weight excluding hydrogens is 274 g/mol. The zero-order valence-electron chi connectivity index (χ0n) is 10.4. The maximum Gasteiger partial charge on any atom is 0.178 e. The third kappa shape index (κ3) is 5.35. The van der Waals surface area contributed by atoms with E-state index in [1.165, 1.54) is 6.07 Å². The minimum absolute atomic E-state index is 0.118. The van der Waals surface area contributed by atoms with Gasteiger partial charge in [0.1, 0.15) is 0 Å². The van der Waals surface area contributed by atoms with E-state index in [0.717, 1.165) is 6.54 Å². The highest BCUT2D eigenvalue weighted by molar-refractivity contribution is 7.91. The lowest BCUT2D eigenvalue weighted by Gasteiger charge is -2.06. The van der Waals surface area contributed by atoms with Gasteiger partial charge in [0.15, 0.2) is 9.84 Å². The molecule has 0 spiro atoms. The van der Waals surface area contributed by atoms with Crippen molar-refractivity contribution in [2.45, 2.75) is 11.3 Å². The molecule has 0 radical (unpaired) electrons. The summed E-state index contributed by atoms with van der Waals surface area (Å²) in [6.07, 6.45) is 0.568. The van der Waals surface area contributed by atoms with E-state index in [-0.39, 0.29) is 10.6 Å². The first-order chi connectivity index (χ1) is 8.56. The van der Waals surface area contributed by atoms with Gasteiger partial charge in [-0.3, -0.25) is 0 Å².